The van der Waals surface area contributed by atoms with Gasteiger partial charge in [-0.3, -0.25) is 9.89 Å². The van der Waals surface area contributed by atoms with Gasteiger partial charge in [0.25, 0.3) is 0 Å². The number of nitrogens with one attached hydrogen (secondary N) is 1. The van der Waals surface area contributed by atoms with Gasteiger partial charge in [0.1, 0.15) is 5.75 Å². The van der Waals surface area contributed by atoms with Crippen LogP contribution in [0.2, 0.25) is 5.02 Å². The number of H-pyrrole nitrogens is 1. The molecule has 3 aromatic rings. The second-order valence-electron chi connectivity index (χ2n) is 4.51. The number of methoxy groups -OCH3 is 1. The van der Waals surface area contributed by atoms with Gasteiger partial charge in [0.05, 0.1) is 22.8 Å². The van der Waals surface area contributed by atoms with Gasteiger partial charge in [-0.25, -0.2) is 4.98 Å². The Morgan fingerprint density at radius 2 is 2.30 bits per heavy atom. The number of carbonyl (C=O) groups is 1. The number of halogens is 1. The highest BCUT2D eigenvalue weighted by Crippen LogP contribution is 2.27. The van der Waals surface area contributed by atoms with Crippen molar-refractivity contribution in [1.82, 2.24) is 15.2 Å². The Labute approximate surface area is 146 Å². The number of thioether (sulfide) groups is 1. The quantitative estimate of drug-likeness (QED) is 0.524. The van der Waals surface area contributed by atoms with Crippen molar-refractivity contribution in [2.75, 3.05) is 12.9 Å². The lowest BCUT2D eigenvalue weighted by atomic mass is 10.1. The average molecular weight is 366 g/mol. The van der Waals surface area contributed by atoms with E-state index in [1.807, 2.05) is 17.5 Å². The molecular weight excluding hydrogens is 354 g/mol. The molecule has 0 fully saturated rings. The molecule has 0 spiro atoms. The summed E-state index contributed by atoms with van der Waals surface area (Å²) in [7, 11) is 1.53. The molecule has 118 valence electrons. The van der Waals surface area contributed by atoms with E-state index >= 15 is 0 Å². The first-order chi connectivity index (χ1) is 11.2. The number of Topliss-reactive ketones (excluding diaryl/α,β-unsaturated/α-hetero) is 1. The monoisotopic (exact) mass is 365 g/mol. The summed E-state index contributed by atoms with van der Waals surface area (Å²) in [6.45, 7) is 0. The number of rotatable bonds is 6. The van der Waals surface area contributed by atoms with Crippen LogP contribution in [-0.4, -0.2) is 33.8 Å². The van der Waals surface area contributed by atoms with E-state index in [0.717, 1.165) is 4.88 Å². The van der Waals surface area contributed by atoms with E-state index in [4.69, 9.17) is 16.3 Å². The van der Waals surface area contributed by atoms with Crippen molar-refractivity contribution in [2.24, 2.45) is 0 Å². The van der Waals surface area contributed by atoms with Crippen LogP contribution >= 0.6 is 34.7 Å². The summed E-state index contributed by atoms with van der Waals surface area (Å²) >= 11 is 8.90. The Hall–Kier alpha value is -1.83. The topological polar surface area (TPSA) is 67.9 Å². The van der Waals surface area contributed by atoms with Crippen molar-refractivity contribution in [2.45, 2.75) is 5.16 Å². The molecule has 0 unspecified atom stereocenters. The van der Waals surface area contributed by atoms with E-state index in [2.05, 4.69) is 15.2 Å². The molecule has 8 heteroatoms. The maximum atomic E-state index is 12.2. The molecular formula is C15H12ClN3O2S2. The van der Waals surface area contributed by atoms with Gasteiger partial charge in [-0.2, -0.15) is 0 Å². The van der Waals surface area contributed by atoms with Crippen LogP contribution < -0.4 is 4.74 Å². The first-order valence-corrected chi connectivity index (χ1v) is 8.87. The van der Waals surface area contributed by atoms with Crippen LogP contribution in [0.4, 0.5) is 0 Å². The largest absolute Gasteiger partial charge is 0.495 e. The number of nitrogens with zero attached hydrogens (tertiary/aromatic N) is 2. The second kappa shape index (κ2) is 7.16. The zero-order valence-electron chi connectivity index (χ0n) is 12.1. The Morgan fingerprint density at radius 1 is 1.43 bits per heavy atom. The first-order valence-electron chi connectivity index (χ1n) is 6.63. The first kappa shape index (κ1) is 16.0. The molecule has 1 N–H and O–H groups in total. The standard InChI is InChI=1S/C15H12ClN3O2S2/c1-21-12-5-4-9(7-10(12)16)11(20)8-23-15-17-14(18-19-15)13-3-2-6-22-13/h2-7H,8H2,1H3,(H,17,18,19). The lowest BCUT2D eigenvalue weighted by Gasteiger charge is -2.04. The smallest absolute Gasteiger partial charge is 0.209 e. The van der Waals surface area contributed by atoms with Gasteiger partial charge in [-0.05, 0) is 29.6 Å². The fraction of sp³-hybridized carbons (Fsp3) is 0.133. The summed E-state index contributed by atoms with van der Waals surface area (Å²) in [6, 6.07) is 8.90. The van der Waals surface area contributed by atoms with Crippen molar-refractivity contribution < 1.29 is 9.53 Å². The van der Waals surface area contributed by atoms with Gasteiger partial charge < -0.3 is 4.74 Å². The number of hydrogen-bond acceptors (Lipinski definition) is 6. The van der Waals surface area contributed by atoms with Crippen molar-refractivity contribution in [1.29, 1.82) is 0 Å². The van der Waals surface area contributed by atoms with Crippen molar-refractivity contribution in [3.63, 3.8) is 0 Å². The Kier molecular flexibility index (Phi) is 5.00. The van der Waals surface area contributed by atoms with Crippen molar-refractivity contribution in [3.8, 4) is 16.5 Å². The number of aromatic amines is 1. The molecule has 2 heterocycles. The number of thiophene rings is 1. The summed E-state index contributed by atoms with van der Waals surface area (Å²) in [5, 5.41) is 9.93. The highest BCUT2D eigenvalue weighted by molar-refractivity contribution is 7.99. The van der Waals surface area contributed by atoms with Crippen LogP contribution in [0.25, 0.3) is 10.7 Å². The van der Waals surface area contributed by atoms with Crippen LogP contribution in [-0.2, 0) is 0 Å². The van der Waals surface area contributed by atoms with Crippen LogP contribution in [0.3, 0.4) is 0 Å². The third-order valence-corrected chi connectivity index (χ3v) is 5.04. The van der Waals surface area contributed by atoms with E-state index in [1.54, 1.807) is 29.5 Å². The molecule has 0 aliphatic heterocycles. The molecule has 1 aromatic carbocycles. The summed E-state index contributed by atoms with van der Waals surface area (Å²) in [5.74, 6) is 1.46. The summed E-state index contributed by atoms with van der Waals surface area (Å²) in [4.78, 5) is 17.6. The minimum absolute atomic E-state index is 0.0398. The van der Waals surface area contributed by atoms with Gasteiger partial charge in [-0.15, -0.1) is 16.4 Å². The van der Waals surface area contributed by atoms with Crippen molar-refractivity contribution in [3.05, 3.63) is 46.3 Å². The van der Waals surface area contributed by atoms with Gasteiger partial charge >= 0.3 is 0 Å². The molecule has 0 aliphatic rings. The molecule has 0 bridgehead atoms. The average Bonchev–Trinajstić information content (AvgIpc) is 3.23. The molecule has 0 radical (unpaired) electrons. The minimum atomic E-state index is -0.0398. The normalized spacial score (nSPS) is 10.7. The Bertz CT molecular complexity index is 818. The molecule has 0 amide bonds. The van der Waals surface area contributed by atoms with Gasteiger partial charge in [0, 0.05) is 5.56 Å². The lowest BCUT2D eigenvalue weighted by molar-refractivity contribution is 0.102. The summed E-state index contributed by atoms with van der Waals surface area (Å²) in [5.41, 5.74) is 0.539. The van der Waals surface area contributed by atoms with Crippen LogP contribution in [0.1, 0.15) is 10.4 Å². The highest BCUT2D eigenvalue weighted by atomic mass is 35.5. The third-order valence-electron chi connectivity index (χ3n) is 3.03. The summed E-state index contributed by atoms with van der Waals surface area (Å²) < 4.78 is 5.08. The van der Waals surface area contributed by atoms with Crippen molar-refractivity contribution >= 4 is 40.5 Å². The van der Waals surface area contributed by atoms with E-state index in [0.29, 0.717) is 27.3 Å². The van der Waals surface area contributed by atoms with E-state index in [9.17, 15) is 4.79 Å². The van der Waals surface area contributed by atoms with E-state index in [1.165, 1.54) is 18.9 Å². The zero-order chi connectivity index (χ0) is 16.2. The fourth-order valence-corrected chi connectivity index (χ4v) is 3.50. The number of aromatic nitrogens is 3. The molecule has 0 atom stereocenters. The maximum Gasteiger partial charge on any atom is 0.209 e. The van der Waals surface area contributed by atoms with Crippen LogP contribution in [0.5, 0.6) is 5.75 Å². The van der Waals surface area contributed by atoms with Gasteiger partial charge in [-0.1, -0.05) is 29.4 Å². The molecule has 3 rings (SSSR count). The minimum Gasteiger partial charge on any atom is -0.495 e. The zero-order valence-corrected chi connectivity index (χ0v) is 14.5. The van der Waals surface area contributed by atoms with E-state index < -0.39 is 0 Å². The molecule has 5 nitrogen and oxygen atoms in total. The fourth-order valence-electron chi connectivity index (χ4n) is 1.89. The third kappa shape index (κ3) is 3.74. The number of ketones is 1. The predicted octanol–water partition coefficient (Wildman–Crippen LogP) is 4.17. The molecule has 23 heavy (non-hydrogen) atoms. The number of ether oxygens (including phenoxy) is 1. The molecule has 0 saturated carbocycles. The maximum absolute atomic E-state index is 12.2. The highest BCUT2D eigenvalue weighted by Gasteiger charge is 2.12. The van der Waals surface area contributed by atoms with Crippen LogP contribution in [0, 0.1) is 0 Å². The number of hydrogen-bond donors (Lipinski definition) is 1. The van der Waals surface area contributed by atoms with Crippen LogP contribution in [0.15, 0.2) is 40.9 Å². The second-order valence-corrected chi connectivity index (χ2v) is 6.80. The molecule has 0 saturated heterocycles. The SMILES string of the molecule is COc1ccc(C(=O)CSc2n[nH]c(-c3cccs3)n2)cc1Cl. The predicted molar refractivity (Wildman–Crippen MR) is 92.8 cm³/mol. The lowest BCUT2D eigenvalue weighted by Crippen LogP contribution is -2.03. The van der Waals surface area contributed by atoms with Gasteiger partial charge in [0.2, 0.25) is 5.16 Å². The Balaban J connectivity index is 1.64. The summed E-state index contributed by atoms with van der Waals surface area (Å²) in [6.07, 6.45) is 0. The molecule has 2 aromatic heterocycles. The number of carbonyl (C=O) groups excluding carboxylic acids is 1. The molecule has 0 aliphatic carbocycles. The van der Waals surface area contributed by atoms with E-state index in [-0.39, 0.29) is 11.5 Å². The Morgan fingerprint density at radius 3 is 3.00 bits per heavy atom. The number of benzene rings is 1. The van der Waals surface area contributed by atoms with Gasteiger partial charge in [0.15, 0.2) is 11.6 Å².